The van der Waals surface area contributed by atoms with E-state index in [0.717, 1.165) is 29.7 Å². The number of aliphatic hydroxyl groups excluding tert-OH is 2. The summed E-state index contributed by atoms with van der Waals surface area (Å²) in [4.78, 5) is 39.5. The molecule has 1 saturated carbocycles. The van der Waals surface area contributed by atoms with Gasteiger partial charge in [0.05, 0.1) is 18.6 Å². The minimum Gasteiger partial charge on any atom is -0.507 e. The third kappa shape index (κ3) is 7.62. The van der Waals surface area contributed by atoms with E-state index in [4.69, 9.17) is 0 Å². The predicted molar refractivity (Wildman–Crippen MR) is 147 cm³/mol. The number of rotatable bonds is 13. The molecule has 3 unspecified atom stereocenters. The Bertz CT molecular complexity index is 963. The molecule has 0 aliphatic heterocycles. The van der Waals surface area contributed by atoms with Gasteiger partial charge in [0.25, 0.3) is 0 Å². The summed E-state index contributed by atoms with van der Waals surface area (Å²) in [5.74, 6) is -0.996. The molecule has 3 rings (SSSR count). The maximum atomic E-state index is 13.4. The first-order valence-electron chi connectivity index (χ1n) is 13.5. The fourth-order valence-corrected chi connectivity index (χ4v) is 6.37. The second-order valence-electron chi connectivity index (χ2n) is 11.2. The van der Waals surface area contributed by atoms with Crippen LogP contribution in [0.1, 0.15) is 89.0 Å². The average Bonchev–Trinajstić information content (AvgIpc) is 3.32. The maximum Gasteiger partial charge on any atom is 0.167 e. The smallest absolute Gasteiger partial charge is 0.167 e. The van der Waals surface area contributed by atoms with Crippen LogP contribution in [0.4, 0.5) is 5.69 Å². The molecule has 0 aromatic heterocycles. The second-order valence-corrected chi connectivity index (χ2v) is 11.2. The highest BCUT2D eigenvalue weighted by Gasteiger charge is 2.36. The number of benzene rings is 1. The molecule has 8 heteroatoms. The van der Waals surface area contributed by atoms with E-state index in [1.54, 1.807) is 0 Å². The number of phenolic OH excluding ortho intramolecular Hbond substituents is 1. The standard InChI is InChI=1S/C29H43NO6.H2O.2H2/c1-18(33)12-26(34)24(17-32)21(10-11-31)13-20-14-23-25(30(2)3)16-22(9-8-19-6-4-5-7-19)29(36)28(23)27(35)15-20;;;/h16,19-21,24,31-32,36H,4-15,17H2,1-3H3;1H2;2*1H. The monoisotopic (exact) mass is 523 g/mol. The number of aryl methyl sites for hydroxylation is 1. The first-order chi connectivity index (χ1) is 17.2. The minimum atomic E-state index is -0.739. The Kier molecular flexibility index (Phi) is 11.7. The molecule has 0 spiro atoms. The van der Waals surface area contributed by atoms with Crippen molar-refractivity contribution >= 4 is 23.0 Å². The summed E-state index contributed by atoms with van der Waals surface area (Å²) in [5.41, 5.74) is 3.04. The topological polar surface area (TPSA) is 147 Å². The summed E-state index contributed by atoms with van der Waals surface area (Å²) in [6, 6.07) is 2.02. The number of fused-ring (bicyclic) bond motifs is 1. The zero-order valence-corrected chi connectivity index (χ0v) is 22.6. The van der Waals surface area contributed by atoms with Gasteiger partial charge in [-0.15, -0.1) is 0 Å². The third-order valence-corrected chi connectivity index (χ3v) is 8.23. The first-order valence-corrected chi connectivity index (χ1v) is 13.5. The van der Waals surface area contributed by atoms with Gasteiger partial charge in [-0.3, -0.25) is 14.4 Å². The van der Waals surface area contributed by atoms with Crippen molar-refractivity contribution in [1.29, 1.82) is 0 Å². The summed E-state index contributed by atoms with van der Waals surface area (Å²) in [6.45, 7) is 0.823. The van der Waals surface area contributed by atoms with E-state index >= 15 is 0 Å². The molecule has 0 bridgehead atoms. The lowest BCUT2D eigenvalue weighted by molar-refractivity contribution is -0.131. The highest BCUT2D eigenvalue weighted by molar-refractivity contribution is 6.03. The Hall–Kier alpha value is -2.29. The van der Waals surface area contributed by atoms with Crippen LogP contribution in [-0.4, -0.2) is 65.5 Å². The molecule has 1 aromatic carbocycles. The largest absolute Gasteiger partial charge is 0.507 e. The van der Waals surface area contributed by atoms with Gasteiger partial charge in [0, 0.05) is 41.6 Å². The van der Waals surface area contributed by atoms with E-state index in [9.17, 15) is 29.7 Å². The van der Waals surface area contributed by atoms with E-state index < -0.39 is 5.92 Å². The predicted octanol–water partition coefficient (Wildman–Crippen LogP) is 3.54. The molecule has 0 saturated heterocycles. The van der Waals surface area contributed by atoms with Crippen molar-refractivity contribution < 1.29 is 38.0 Å². The Morgan fingerprint density at radius 1 is 1.14 bits per heavy atom. The van der Waals surface area contributed by atoms with Crippen molar-refractivity contribution in [3.05, 3.63) is 22.8 Å². The summed E-state index contributed by atoms with van der Waals surface area (Å²) < 4.78 is 0. The van der Waals surface area contributed by atoms with Crippen molar-refractivity contribution in [3.8, 4) is 5.75 Å². The molecule has 0 radical (unpaired) electrons. The number of hydrogen-bond donors (Lipinski definition) is 3. The molecular formula is C29H49NO7. The fourth-order valence-electron chi connectivity index (χ4n) is 6.37. The van der Waals surface area contributed by atoms with Crippen LogP contribution in [0.3, 0.4) is 0 Å². The molecule has 37 heavy (non-hydrogen) atoms. The quantitative estimate of drug-likeness (QED) is 0.335. The van der Waals surface area contributed by atoms with Crippen molar-refractivity contribution in [2.24, 2.45) is 23.7 Å². The number of nitrogens with zero attached hydrogens (tertiary/aromatic N) is 1. The zero-order valence-electron chi connectivity index (χ0n) is 22.6. The van der Waals surface area contributed by atoms with Crippen molar-refractivity contribution in [2.45, 2.75) is 77.6 Å². The van der Waals surface area contributed by atoms with Crippen molar-refractivity contribution in [3.63, 3.8) is 0 Å². The number of hydrogen-bond acceptors (Lipinski definition) is 7. The van der Waals surface area contributed by atoms with Crippen molar-refractivity contribution in [2.75, 3.05) is 32.2 Å². The van der Waals surface area contributed by atoms with Gasteiger partial charge in [0.15, 0.2) is 5.78 Å². The SMILES string of the molecule is CC(=O)CC(=O)C(CO)C(CCO)CC1CC(=O)c2c(O)c(CCC3CCCC3)cc(N(C)C)c2C1.O.[HH].[HH]. The van der Waals surface area contributed by atoms with Gasteiger partial charge in [0.1, 0.15) is 17.3 Å². The number of carbonyl (C=O) groups excluding carboxylic acids is 3. The van der Waals surface area contributed by atoms with E-state index in [2.05, 4.69) is 0 Å². The molecule has 0 heterocycles. The zero-order chi connectivity index (χ0) is 26.4. The Morgan fingerprint density at radius 2 is 1.81 bits per heavy atom. The van der Waals surface area contributed by atoms with Crippen LogP contribution < -0.4 is 4.90 Å². The van der Waals surface area contributed by atoms with Crippen molar-refractivity contribution in [1.82, 2.24) is 0 Å². The molecule has 5 N–H and O–H groups in total. The number of Topliss-reactive ketones (excluding diaryl/α,β-unsaturated/α-hetero) is 3. The molecule has 0 amide bonds. The summed E-state index contributed by atoms with van der Waals surface area (Å²) >= 11 is 0. The fraction of sp³-hybridized carbons (Fsp3) is 0.690. The first kappa shape index (κ1) is 30.9. The maximum absolute atomic E-state index is 13.4. The van der Waals surface area contributed by atoms with E-state index in [0.29, 0.717) is 30.7 Å². The van der Waals surface area contributed by atoms with E-state index in [-0.39, 0.29) is 69.3 Å². The highest BCUT2D eigenvalue weighted by atomic mass is 16.3. The van der Waals surface area contributed by atoms with Gasteiger partial charge in [-0.1, -0.05) is 25.7 Å². The third-order valence-electron chi connectivity index (χ3n) is 8.23. The number of phenols is 1. The van der Waals surface area contributed by atoms with Crippen LogP contribution >= 0.6 is 0 Å². The molecule has 1 fully saturated rings. The summed E-state index contributed by atoms with van der Waals surface area (Å²) in [7, 11) is 3.89. The molecule has 2 aliphatic rings. The van der Waals surface area contributed by atoms with Gasteiger partial charge in [0.2, 0.25) is 0 Å². The number of ketones is 3. The Balaban J connectivity index is 0.00000481. The van der Waals surface area contributed by atoms with Gasteiger partial charge < -0.3 is 25.7 Å². The van der Waals surface area contributed by atoms with Gasteiger partial charge >= 0.3 is 0 Å². The molecule has 2 aliphatic carbocycles. The number of aromatic hydroxyl groups is 1. The van der Waals surface area contributed by atoms with Crippen LogP contribution in [0.25, 0.3) is 0 Å². The van der Waals surface area contributed by atoms with Crippen LogP contribution in [0.15, 0.2) is 6.07 Å². The molecular weight excluding hydrogens is 474 g/mol. The second kappa shape index (κ2) is 14.0. The molecule has 8 nitrogen and oxygen atoms in total. The average molecular weight is 524 g/mol. The van der Waals surface area contributed by atoms with Gasteiger partial charge in [-0.05, 0) is 74.0 Å². The molecule has 1 aromatic rings. The summed E-state index contributed by atoms with van der Waals surface area (Å²) in [6.07, 6.45) is 8.21. The van der Waals surface area contributed by atoms with Crippen LogP contribution in [0.2, 0.25) is 0 Å². The van der Waals surface area contributed by atoms with Gasteiger partial charge in [-0.2, -0.15) is 0 Å². The number of anilines is 1. The lowest BCUT2D eigenvalue weighted by Gasteiger charge is -2.33. The Labute approximate surface area is 223 Å². The minimum absolute atomic E-state index is 0. The van der Waals surface area contributed by atoms with Crippen LogP contribution in [-0.2, 0) is 22.4 Å². The van der Waals surface area contributed by atoms with E-state index in [1.807, 2.05) is 25.1 Å². The van der Waals surface area contributed by atoms with Crippen LogP contribution in [0.5, 0.6) is 5.75 Å². The van der Waals surface area contributed by atoms with Gasteiger partial charge in [-0.25, -0.2) is 0 Å². The molecule has 212 valence electrons. The number of aliphatic hydroxyl groups is 2. The highest BCUT2D eigenvalue weighted by Crippen LogP contribution is 2.43. The Morgan fingerprint density at radius 3 is 2.38 bits per heavy atom. The summed E-state index contributed by atoms with van der Waals surface area (Å²) in [5, 5.41) is 30.7. The lowest BCUT2D eigenvalue weighted by atomic mass is 9.73. The normalized spacial score (nSPS) is 19.2. The van der Waals surface area contributed by atoms with Crippen LogP contribution in [0, 0.1) is 23.7 Å². The lowest BCUT2D eigenvalue weighted by Crippen LogP contribution is -2.33. The number of carbonyl (C=O) groups is 3. The van der Waals surface area contributed by atoms with E-state index in [1.165, 1.54) is 32.6 Å². The molecule has 3 atom stereocenters.